The van der Waals surface area contributed by atoms with Crippen LogP contribution in [0.1, 0.15) is 50.8 Å². The number of benzene rings is 3. The monoisotopic (exact) mass is 685 g/mol. The second kappa shape index (κ2) is 11.8. The third kappa shape index (κ3) is 5.47. The number of nitrogens with zero attached hydrogens (tertiary/aromatic N) is 5. The van der Waals surface area contributed by atoms with Crippen LogP contribution in [0.5, 0.6) is 0 Å². The van der Waals surface area contributed by atoms with Crippen LogP contribution in [0.4, 0.5) is 5.82 Å². The van der Waals surface area contributed by atoms with Crippen LogP contribution < -0.4 is 4.90 Å². The number of aromatic nitrogens is 3. The van der Waals surface area contributed by atoms with Crippen LogP contribution in [-0.2, 0) is 21.3 Å². The molecule has 48 heavy (non-hydrogen) atoms. The fourth-order valence-corrected chi connectivity index (χ4v) is 8.99. The topological polar surface area (TPSA) is 93.0 Å². The molecule has 0 amide bonds. The Kier molecular flexibility index (Phi) is 7.80. The van der Waals surface area contributed by atoms with Crippen molar-refractivity contribution in [1.82, 2.24) is 19.7 Å². The summed E-state index contributed by atoms with van der Waals surface area (Å²) < 4.78 is 14.6. The van der Waals surface area contributed by atoms with Crippen molar-refractivity contribution >= 4 is 55.8 Å². The van der Waals surface area contributed by atoms with E-state index >= 15 is 0 Å². The molecule has 0 saturated carbocycles. The summed E-state index contributed by atoms with van der Waals surface area (Å²) in [5.41, 5.74) is 5.39. The van der Waals surface area contributed by atoms with Crippen LogP contribution in [-0.4, -0.2) is 80.8 Å². The van der Waals surface area contributed by atoms with Crippen molar-refractivity contribution in [2.45, 2.75) is 70.4 Å². The summed E-state index contributed by atoms with van der Waals surface area (Å²) in [4.78, 5) is 23.1. The molecule has 0 spiro atoms. The number of fused-ring (bicyclic) bond motifs is 4. The van der Waals surface area contributed by atoms with E-state index in [1.165, 1.54) is 12.8 Å². The number of aryl methyl sites for hydroxylation is 2. The van der Waals surface area contributed by atoms with Gasteiger partial charge in [0.2, 0.25) is 0 Å². The van der Waals surface area contributed by atoms with E-state index in [-0.39, 0.29) is 0 Å². The van der Waals surface area contributed by atoms with Gasteiger partial charge in [0, 0.05) is 59.3 Å². The number of thiazole rings is 1. The number of likely N-dealkylation sites (tertiary alicyclic amines) is 1. The second-order valence-corrected chi connectivity index (χ2v) is 15.9. The molecule has 5 heterocycles. The lowest BCUT2D eigenvalue weighted by Gasteiger charge is -2.46. The van der Waals surface area contributed by atoms with Gasteiger partial charge in [-0.05, 0) is 88.1 Å². The van der Waals surface area contributed by atoms with Gasteiger partial charge >= 0.3 is 5.97 Å². The van der Waals surface area contributed by atoms with Crippen LogP contribution >= 0.6 is 22.9 Å². The Morgan fingerprint density at radius 2 is 1.73 bits per heavy atom. The zero-order valence-electron chi connectivity index (χ0n) is 27.9. The Balaban J connectivity index is 1.24. The average molecular weight is 686 g/mol. The van der Waals surface area contributed by atoms with E-state index in [0.717, 1.165) is 80.5 Å². The lowest BCUT2D eigenvalue weighted by Crippen LogP contribution is -2.61. The van der Waals surface area contributed by atoms with Gasteiger partial charge in [0.15, 0.2) is 11.9 Å². The van der Waals surface area contributed by atoms with Crippen LogP contribution in [0.3, 0.4) is 0 Å². The summed E-state index contributed by atoms with van der Waals surface area (Å²) in [5.74, 6) is 0.0220. The fourth-order valence-electron chi connectivity index (χ4n) is 7.75. The predicted molar refractivity (Wildman–Crippen MR) is 191 cm³/mol. The first kappa shape index (κ1) is 31.7. The molecule has 3 saturated heterocycles. The van der Waals surface area contributed by atoms with Gasteiger partial charge in [0.05, 0.1) is 40.6 Å². The Labute approximate surface area is 289 Å². The van der Waals surface area contributed by atoms with Gasteiger partial charge in [-0.15, -0.1) is 11.3 Å². The molecule has 3 unspecified atom stereocenters. The number of aliphatic carboxylic acids is 1. The maximum absolute atomic E-state index is 12.8. The number of hydrogen-bond donors (Lipinski definition) is 1. The van der Waals surface area contributed by atoms with E-state index in [4.69, 9.17) is 31.2 Å². The molecule has 3 atom stereocenters. The van der Waals surface area contributed by atoms with Gasteiger partial charge in [0.25, 0.3) is 0 Å². The van der Waals surface area contributed by atoms with Gasteiger partial charge < -0.3 is 19.5 Å². The summed E-state index contributed by atoms with van der Waals surface area (Å²) in [6, 6.07) is 17.5. The van der Waals surface area contributed by atoms with Crippen LogP contribution in [0.15, 0.2) is 48.5 Å². The molecule has 2 bridgehead atoms. The number of piperazine rings is 1. The number of carboxylic acids is 1. The number of carboxylic acid groups (broad SMARTS) is 1. The molecular weight excluding hydrogens is 646 g/mol. The summed E-state index contributed by atoms with van der Waals surface area (Å²) in [6.45, 7) is 11.4. The molecule has 0 aliphatic carbocycles. The lowest BCUT2D eigenvalue weighted by atomic mass is 9.91. The van der Waals surface area contributed by atoms with Gasteiger partial charge in [-0.3, -0.25) is 9.58 Å². The number of halogens is 1. The first-order valence-corrected chi connectivity index (χ1v) is 17.8. The third-order valence-corrected chi connectivity index (χ3v) is 11.4. The highest BCUT2D eigenvalue weighted by Gasteiger charge is 2.44. The smallest absolute Gasteiger partial charge is 0.337 e. The van der Waals surface area contributed by atoms with Crippen molar-refractivity contribution in [2.75, 3.05) is 31.2 Å². The third-order valence-electron chi connectivity index (χ3n) is 9.99. The molecular formula is C37H40ClN5O4S. The number of rotatable bonds is 7. The standard InChI is InChI=1S/C37H40ClN5O4S/c1-20-14-28-33(31(21-6-9-23(38)10-7-21)30(20)32(36(44)45)47-37(2,3)4)48-35(39-28)22-8-13-29-27(15-22)34(40-41(29)5)43-24-11-12-25(43)17-42(16-24)26-18-46-19-26/h6-10,13-15,24-26,32H,11-12,16-19H2,1-5H3,(H,44,45). The molecule has 1 N–H and O–H groups in total. The summed E-state index contributed by atoms with van der Waals surface area (Å²) >= 11 is 7.87. The van der Waals surface area contributed by atoms with Crippen molar-refractivity contribution in [3.63, 3.8) is 0 Å². The normalized spacial score (nSPS) is 20.9. The quantitative estimate of drug-likeness (QED) is 0.189. The second-order valence-electron chi connectivity index (χ2n) is 14.4. The summed E-state index contributed by atoms with van der Waals surface area (Å²) in [5, 5.41) is 18.1. The molecule has 5 aromatic rings. The van der Waals surface area contributed by atoms with Crippen LogP contribution in [0.25, 0.3) is 42.8 Å². The Morgan fingerprint density at radius 1 is 1.04 bits per heavy atom. The van der Waals surface area contributed by atoms with Crippen molar-refractivity contribution in [3.05, 3.63) is 64.7 Å². The van der Waals surface area contributed by atoms with E-state index < -0.39 is 17.7 Å². The van der Waals surface area contributed by atoms with Crippen molar-refractivity contribution in [3.8, 4) is 21.7 Å². The summed E-state index contributed by atoms with van der Waals surface area (Å²) in [6.07, 6.45) is 1.19. The highest BCUT2D eigenvalue weighted by molar-refractivity contribution is 7.22. The van der Waals surface area contributed by atoms with Crippen LogP contribution in [0, 0.1) is 6.92 Å². The van der Waals surface area contributed by atoms with E-state index in [9.17, 15) is 9.90 Å². The van der Waals surface area contributed by atoms with E-state index in [1.807, 2.05) is 69.8 Å². The number of hydrogen-bond acceptors (Lipinski definition) is 8. The van der Waals surface area contributed by atoms with E-state index in [0.29, 0.717) is 28.7 Å². The molecule has 3 aromatic carbocycles. The molecule has 9 nitrogen and oxygen atoms in total. The minimum absolute atomic E-state index is 0.439. The molecule has 3 fully saturated rings. The zero-order chi connectivity index (χ0) is 33.5. The number of anilines is 1. The highest BCUT2D eigenvalue weighted by Crippen LogP contribution is 2.46. The Hall–Kier alpha value is -3.54. The molecule has 3 aliphatic rings. The first-order valence-electron chi connectivity index (χ1n) is 16.6. The van der Waals surface area contributed by atoms with Gasteiger partial charge in [-0.1, -0.05) is 23.7 Å². The van der Waals surface area contributed by atoms with Crippen molar-refractivity contribution in [2.24, 2.45) is 7.05 Å². The van der Waals surface area contributed by atoms with Gasteiger partial charge in [-0.25, -0.2) is 9.78 Å². The average Bonchev–Trinajstić information content (AvgIpc) is 3.65. The SMILES string of the molecule is Cc1cc2nc(-c3ccc4c(c3)c(N3C5CCC3CN(C3COC3)C5)nn4C)sc2c(-c2ccc(Cl)cc2)c1C(OC(C)(C)C)C(=O)O. The fraction of sp³-hybridized carbons (Fsp3) is 0.432. The van der Waals surface area contributed by atoms with Gasteiger partial charge in [0.1, 0.15) is 5.01 Å². The lowest BCUT2D eigenvalue weighted by molar-refractivity contribution is -0.160. The van der Waals surface area contributed by atoms with E-state index in [2.05, 4.69) is 28.0 Å². The maximum Gasteiger partial charge on any atom is 0.337 e. The van der Waals surface area contributed by atoms with E-state index in [1.54, 1.807) is 11.3 Å². The van der Waals surface area contributed by atoms with Gasteiger partial charge in [-0.2, -0.15) is 5.10 Å². The first-order chi connectivity index (χ1) is 22.9. The Morgan fingerprint density at radius 3 is 2.35 bits per heavy atom. The molecule has 2 aromatic heterocycles. The highest BCUT2D eigenvalue weighted by atomic mass is 35.5. The minimum atomic E-state index is -1.16. The maximum atomic E-state index is 12.8. The zero-order valence-corrected chi connectivity index (χ0v) is 29.4. The minimum Gasteiger partial charge on any atom is -0.479 e. The number of carbonyl (C=O) groups is 1. The van der Waals surface area contributed by atoms with Crippen molar-refractivity contribution in [1.29, 1.82) is 0 Å². The molecule has 11 heteroatoms. The van der Waals surface area contributed by atoms with Crippen molar-refractivity contribution < 1.29 is 19.4 Å². The molecule has 3 aliphatic heterocycles. The molecule has 0 radical (unpaired) electrons. The van der Waals surface area contributed by atoms with Crippen LogP contribution in [0.2, 0.25) is 5.02 Å². The predicted octanol–water partition coefficient (Wildman–Crippen LogP) is 7.47. The molecule has 250 valence electrons. The summed E-state index contributed by atoms with van der Waals surface area (Å²) in [7, 11) is 2.02. The molecule has 8 rings (SSSR count). The largest absolute Gasteiger partial charge is 0.479 e. The Bertz CT molecular complexity index is 2030. The number of ether oxygens (including phenoxy) is 2.